The molecule has 3 heteroatoms. The minimum atomic E-state index is -0.439. The van der Waals surface area contributed by atoms with Crippen LogP contribution < -0.4 is 4.90 Å². The van der Waals surface area contributed by atoms with E-state index in [-0.39, 0.29) is 0 Å². The van der Waals surface area contributed by atoms with E-state index in [4.69, 9.17) is 0 Å². The Hall–Kier alpha value is -2.42. The average Bonchev–Trinajstić information content (AvgIpc) is 2.66. The Morgan fingerprint density at radius 1 is 0.900 bits per heavy atom. The summed E-state index contributed by atoms with van der Waals surface area (Å²) in [5.41, 5.74) is 4.41. The Morgan fingerprint density at radius 2 is 1.55 bits per heavy atom. The van der Waals surface area contributed by atoms with Gasteiger partial charge in [0.25, 0.3) is 11.7 Å². The van der Waals surface area contributed by atoms with Gasteiger partial charge in [0.2, 0.25) is 0 Å². The zero-order chi connectivity index (χ0) is 14.3. The maximum Gasteiger partial charge on any atom is 0.299 e. The van der Waals surface area contributed by atoms with E-state index in [9.17, 15) is 9.59 Å². The lowest BCUT2D eigenvalue weighted by atomic mass is 10.1. The molecule has 2 aromatic rings. The van der Waals surface area contributed by atoms with Crippen molar-refractivity contribution in [2.45, 2.75) is 20.4 Å². The smallest absolute Gasteiger partial charge is 0.299 e. The standard InChI is InChI=1S/C17H15NO2/c1-11-3-6-13(7-4-11)10-18-15-8-5-12(2)9-14(15)16(19)17(18)20/h3-9H,10H2,1-2H3. The number of carbonyl (C=O) groups excluding carboxylic acids is 2. The Labute approximate surface area is 117 Å². The molecule has 0 unspecified atom stereocenters. The molecule has 0 aliphatic carbocycles. The molecule has 0 radical (unpaired) electrons. The van der Waals surface area contributed by atoms with E-state index >= 15 is 0 Å². The second kappa shape index (κ2) is 4.60. The van der Waals surface area contributed by atoms with Gasteiger partial charge in [-0.25, -0.2) is 0 Å². The van der Waals surface area contributed by atoms with Crippen LogP contribution in [-0.4, -0.2) is 11.7 Å². The SMILES string of the molecule is Cc1ccc(CN2C(=O)C(=O)c3cc(C)ccc32)cc1. The van der Waals surface area contributed by atoms with Crippen molar-refractivity contribution in [3.63, 3.8) is 0 Å². The van der Waals surface area contributed by atoms with Gasteiger partial charge in [0.05, 0.1) is 17.8 Å². The summed E-state index contributed by atoms with van der Waals surface area (Å²) in [7, 11) is 0. The van der Waals surface area contributed by atoms with Gasteiger partial charge in [-0.1, -0.05) is 41.5 Å². The summed E-state index contributed by atoms with van der Waals surface area (Å²) in [4.78, 5) is 25.7. The van der Waals surface area contributed by atoms with Gasteiger partial charge in [0.15, 0.2) is 0 Å². The van der Waals surface area contributed by atoms with Crippen LogP contribution in [0.4, 0.5) is 5.69 Å². The number of hydrogen-bond donors (Lipinski definition) is 0. The molecule has 3 rings (SSSR count). The highest BCUT2D eigenvalue weighted by molar-refractivity contribution is 6.52. The number of anilines is 1. The topological polar surface area (TPSA) is 37.4 Å². The number of carbonyl (C=O) groups is 2. The predicted octanol–water partition coefficient (Wildman–Crippen LogP) is 3.03. The molecular formula is C17H15NO2. The third-order valence-corrected chi connectivity index (χ3v) is 3.59. The van der Waals surface area contributed by atoms with Crippen molar-refractivity contribution in [3.8, 4) is 0 Å². The van der Waals surface area contributed by atoms with Gasteiger partial charge in [-0.2, -0.15) is 0 Å². The summed E-state index contributed by atoms with van der Waals surface area (Å²) < 4.78 is 0. The maximum atomic E-state index is 12.1. The quantitative estimate of drug-likeness (QED) is 0.783. The molecule has 0 fully saturated rings. The van der Waals surface area contributed by atoms with Gasteiger partial charge in [-0.05, 0) is 31.5 Å². The second-order valence-electron chi connectivity index (χ2n) is 5.23. The van der Waals surface area contributed by atoms with Crippen LogP contribution in [0.2, 0.25) is 0 Å². The van der Waals surface area contributed by atoms with Crippen molar-refractivity contribution in [3.05, 3.63) is 64.7 Å². The fraction of sp³-hybridized carbons (Fsp3) is 0.176. The van der Waals surface area contributed by atoms with Gasteiger partial charge in [0, 0.05) is 0 Å². The first-order valence-corrected chi connectivity index (χ1v) is 6.58. The van der Waals surface area contributed by atoms with Crippen molar-refractivity contribution in [1.82, 2.24) is 0 Å². The number of hydrogen-bond acceptors (Lipinski definition) is 2. The van der Waals surface area contributed by atoms with Crippen molar-refractivity contribution in [2.24, 2.45) is 0 Å². The van der Waals surface area contributed by atoms with E-state index in [0.717, 1.165) is 11.1 Å². The summed E-state index contributed by atoms with van der Waals surface area (Å²) in [6.45, 7) is 4.37. The summed E-state index contributed by atoms with van der Waals surface area (Å²) in [5, 5.41) is 0. The molecule has 1 aliphatic rings. The third-order valence-electron chi connectivity index (χ3n) is 3.59. The van der Waals surface area contributed by atoms with Gasteiger partial charge >= 0.3 is 0 Å². The highest BCUT2D eigenvalue weighted by Crippen LogP contribution is 2.31. The van der Waals surface area contributed by atoms with Crippen LogP contribution >= 0.6 is 0 Å². The predicted molar refractivity (Wildman–Crippen MR) is 77.9 cm³/mol. The average molecular weight is 265 g/mol. The number of ketones is 1. The molecule has 0 N–H and O–H groups in total. The maximum absolute atomic E-state index is 12.1. The van der Waals surface area contributed by atoms with Crippen molar-refractivity contribution in [2.75, 3.05) is 4.90 Å². The molecule has 2 aromatic carbocycles. The minimum absolute atomic E-state index is 0.407. The van der Waals surface area contributed by atoms with Crippen LogP contribution in [0.3, 0.4) is 0 Å². The summed E-state index contributed by atoms with van der Waals surface area (Å²) >= 11 is 0. The van der Waals surface area contributed by atoms with Crippen molar-refractivity contribution in [1.29, 1.82) is 0 Å². The zero-order valence-corrected chi connectivity index (χ0v) is 11.5. The normalized spacial score (nSPS) is 13.8. The van der Waals surface area contributed by atoms with Crippen LogP contribution in [0.15, 0.2) is 42.5 Å². The molecule has 0 atom stereocenters. The van der Waals surface area contributed by atoms with Crippen LogP contribution in [0.5, 0.6) is 0 Å². The highest BCUT2D eigenvalue weighted by atomic mass is 16.2. The number of Topliss-reactive ketones (excluding diaryl/α,β-unsaturated/α-hetero) is 1. The second-order valence-corrected chi connectivity index (χ2v) is 5.23. The molecule has 0 spiro atoms. The van der Waals surface area contributed by atoms with Crippen LogP contribution in [0.25, 0.3) is 0 Å². The fourth-order valence-electron chi connectivity index (χ4n) is 2.45. The summed E-state index contributed by atoms with van der Waals surface area (Å²) in [6.07, 6.45) is 0. The van der Waals surface area contributed by atoms with Crippen LogP contribution in [0.1, 0.15) is 27.0 Å². The fourth-order valence-corrected chi connectivity index (χ4v) is 2.45. The van der Waals surface area contributed by atoms with Crippen LogP contribution in [-0.2, 0) is 11.3 Å². The van der Waals surface area contributed by atoms with Gasteiger partial charge in [0.1, 0.15) is 0 Å². The molecule has 0 bridgehead atoms. The summed E-state index contributed by atoms with van der Waals surface area (Å²) in [6, 6.07) is 13.5. The lowest BCUT2D eigenvalue weighted by Gasteiger charge is -2.16. The Bertz CT molecular complexity index is 701. The van der Waals surface area contributed by atoms with E-state index in [1.54, 1.807) is 11.0 Å². The first kappa shape index (κ1) is 12.6. The summed E-state index contributed by atoms with van der Waals surface area (Å²) in [5.74, 6) is -0.845. The number of rotatable bonds is 2. The van der Waals surface area contributed by atoms with E-state index in [1.807, 2.05) is 50.2 Å². The van der Waals surface area contributed by atoms with Gasteiger partial charge in [-0.3, -0.25) is 9.59 Å². The number of fused-ring (bicyclic) bond motifs is 1. The molecule has 0 aromatic heterocycles. The van der Waals surface area contributed by atoms with E-state index in [0.29, 0.717) is 17.8 Å². The Balaban J connectivity index is 1.97. The van der Waals surface area contributed by atoms with E-state index in [1.165, 1.54) is 5.56 Å². The minimum Gasteiger partial charge on any atom is -0.300 e. The first-order valence-electron chi connectivity index (χ1n) is 6.58. The van der Waals surface area contributed by atoms with Crippen molar-refractivity contribution < 1.29 is 9.59 Å². The molecular weight excluding hydrogens is 250 g/mol. The molecule has 3 nitrogen and oxygen atoms in total. The molecule has 0 saturated carbocycles. The number of benzene rings is 2. The number of amides is 1. The molecule has 1 amide bonds. The zero-order valence-electron chi connectivity index (χ0n) is 11.5. The largest absolute Gasteiger partial charge is 0.300 e. The highest BCUT2D eigenvalue weighted by Gasteiger charge is 2.35. The van der Waals surface area contributed by atoms with Crippen LogP contribution in [0, 0.1) is 13.8 Å². The Kier molecular flexibility index (Phi) is 2.90. The number of nitrogens with zero attached hydrogens (tertiary/aromatic N) is 1. The molecule has 20 heavy (non-hydrogen) atoms. The van der Waals surface area contributed by atoms with E-state index < -0.39 is 11.7 Å². The lowest BCUT2D eigenvalue weighted by Crippen LogP contribution is -2.29. The molecule has 1 heterocycles. The van der Waals surface area contributed by atoms with Gasteiger partial charge < -0.3 is 4.90 Å². The molecule has 0 saturated heterocycles. The van der Waals surface area contributed by atoms with Crippen molar-refractivity contribution >= 4 is 17.4 Å². The molecule has 100 valence electrons. The van der Waals surface area contributed by atoms with E-state index in [2.05, 4.69) is 0 Å². The Morgan fingerprint density at radius 3 is 2.25 bits per heavy atom. The van der Waals surface area contributed by atoms with Gasteiger partial charge in [-0.15, -0.1) is 0 Å². The first-order chi connectivity index (χ1) is 9.56. The lowest BCUT2D eigenvalue weighted by molar-refractivity contribution is -0.114. The third kappa shape index (κ3) is 2.01. The monoisotopic (exact) mass is 265 g/mol. The molecule has 1 aliphatic heterocycles. The number of aryl methyl sites for hydroxylation is 2.